The molecule has 1 fully saturated rings. The molecule has 1 aromatic heterocycles. The molecule has 0 bridgehead atoms. The Morgan fingerprint density at radius 1 is 1.47 bits per heavy atom. The van der Waals surface area contributed by atoms with Crippen molar-refractivity contribution in [3.8, 4) is 0 Å². The fourth-order valence-corrected chi connectivity index (χ4v) is 2.63. The number of halogens is 1. The summed E-state index contributed by atoms with van der Waals surface area (Å²) in [6.45, 7) is 4.19. The quantitative estimate of drug-likeness (QED) is 0.737. The van der Waals surface area contributed by atoms with E-state index in [2.05, 4.69) is 21.8 Å². The van der Waals surface area contributed by atoms with Crippen LogP contribution in [0.5, 0.6) is 0 Å². The molecule has 0 N–H and O–H groups in total. The first-order chi connectivity index (χ1) is 7.31. The Morgan fingerprint density at radius 3 is 2.87 bits per heavy atom. The minimum atomic E-state index is 0.482. The highest BCUT2D eigenvalue weighted by Gasteiger charge is 2.30. The number of nitrogens with zero attached hydrogens (tertiary/aromatic N) is 3. The number of rotatable bonds is 3. The second-order valence-corrected chi connectivity index (χ2v) is 4.43. The second kappa shape index (κ2) is 4.90. The zero-order valence-electron chi connectivity index (χ0n) is 8.93. The van der Waals surface area contributed by atoms with Crippen LogP contribution in [0.3, 0.4) is 0 Å². The molecule has 15 heavy (non-hydrogen) atoms. The van der Waals surface area contributed by atoms with Crippen LogP contribution in [0, 0.1) is 5.92 Å². The number of alkyl halides is 1. The fraction of sp³-hybridized carbons (Fsp3) is 0.636. The molecule has 0 aliphatic carbocycles. The highest BCUT2D eigenvalue weighted by atomic mass is 35.5. The maximum absolute atomic E-state index is 5.98. The lowest BCUT2D eigenvalue weighted by Gasteiger charge is -2.23. The first kappa shape index (κ1) is 10.8. The first-order valence-electron chi connectivity index (χ1n) is 5.37. The lowest BCUT2D eigenvalue weighted by Crippen LogP contribution is -2.33. The molecular weight excluding hydrogens is 210 g/mol. The second-order valence-electron chi connectivity index (χ2n) is 4.12. The van der Waals surface area contributed by atoms with E-state index in [1.54, 1.807) is 12.4 Å². The van der Waals surface area contributed by atoms with Gasteiger partial charge in [0.1, 0.15) is 5.82 Å². The van der Waals surface area contributed by atoms with Crippen molar-refractivity contribution in [2.45, 2.75) is 25.9 Å². The minimum Gasteiger partial charge on any atom is -0.291 e. The molecule has 0 saturated carbocycles. The van der Waals surface area contributed by atoms with Gasteiger partial charge in [0.25, 0.3) is 0 Å². The van der Waals surface area contributed by atoms with Crippen LogP contribution in [-0.2, 0) is 6.54 Å². The Bertz CT molecular complexity index is 304. The number of aromatic nitrogens is 2. The van der Waals surface area contributed by atoms with Crippen molar-refractivity contribution in [2.24, 2.45) is 5.92 Å². The summed E-state index contributed by atoms with van der Waals surface area (Å²) in [5, 5.41) is 0. The van der Waals surface area contributed by atoms with Crippen LogP contribution in [0.2, 0.25) is 0 Å². The summed E-state index contributed by atoms with van der Waals surface area (Å²) in [5.74, 6) is 2.28. The van der Waals surface area contributed by atoms with Gasteiger partial charge in [-0.25, -0.2) is 9.97 Å². The molecule has 2 rings (SSSR count). The Hall–Kier alpha value is -0.670. The van der Waals surface area contributed by atoms with Gasteiger partial charge in [-0.15, -0.1) is 11.6 Å². The van der Waals surface area contributed by atoms with Crippen molar-refractivity contribution in [1.29, 1.82) is 0 Å². The van der Waals surface area contributed by atoms with Crippen LogP contribution in [-0.4, -0.2) is 33.3 Å². The molecule has 3 nitrogen and oxygen atoms in total. The first-order valence-corrected chi connectivity index (χ1v) is 5.90. The Morgan fingerprint density at radius 2 is 2.20 bits per heavy atom. The van der Waals surface area contributed by atoms with E-state index in [0.717, 1.165) is 18.9 Å². The monoisotopic (exact) mass is 225 g/mol. The van der Waals surface area contributed by atoms with E-state index >= 15 is 0 Å². The summed E-state index contributed by atoms with van der Waals surface area (Å²) in [6, 6.07) is 2.32. The van der Waals surface area contributed by atoms with Crippen molar-refractivity contribution in [3.05, 3.63) is 24.3 Å². The predicted molar refractivity (Wildman–Crippen MR) is 60.7 cm³/mol. The minimum absolute atomic E-state index is 0.482. The summed E-state index contributed by atoms with van der Waals surface area (Å²) in [6.07, 6.45) is 4.80. The van der Waals surface area contributed by atoms with E-state index in [4.69, 9.17) is 11.6 Å². The molecule has 1 aromatic rings. The smallest absolute Gasteiger partial charge is 0.142 e. The molecule has 2 heterocycles. The van der Waals surface area contributed by atoms with Crippen LogP contribution in [0.4, 0.5) is 0 Å². The Labute approximate surface area is 95.5 Å². The lowest BCUT2D eigenvalue weighted by atomic mass is 10.1. The normalized spacial score (nSPS) is 27.1. The molecular formula is C11H16ClN3. The van der Waals surface area contributed by atoms with Crippen molar-refractivity contribution in [2.75, 3.05) is 12.4 Å². The van der Waals surface area contributed by atoms with Crippen molar-refractivity contribution < 1.29 is 0 Å². The Balaban J connectivity index is 2.00. The van der Waals surface area contributed by atoms with Crippen molar-refractivity contribution in [3.63, 3.8) is 0 Å². The van der Waals surface area contributed by atoms with Crippen LogP contribution in [0.25, 0.3) is 0 Å². The summed E-state index contributed by atoms with van der Waals surface area (Å²) in [5.41, 5.74) is 0. The molecule has 4 heteroatoms. The highest BCUT2D eigenvalue weighted by molar-refractivity contribution is 6.18. The largest absolute Gasteiger partial charge is 0.291 e. The maximum Gasteiger partial charge on any atom is 0.142 e. The van der Waals surface area contributed by atoms with Crippen molar-refractivity contribution in [1.82, 2.24) is 14.9 Å². The van der Waals surface area contributed by atoms with E-state index < -0.39 is 0 Å². The maximum atomic E-state index is 5.98. The number of hydrogen-bond donors (Lipinski definition) is 0. The molecule has 0 radical (unpaired) electrons. The average Bonchev–Trinajstić information content (AvgIpc) is 2.61. The molecule has 2 atom stereocenters. The fourth-order valence-electron chi connectivity index (χ4n) is 2.13. The van der Waals surface area contributed by atoms with Crippen LogP contribution < -0.4 is 0 Å². The average molecular weight is 226 g/mol. The summed E-state index contributed by atoms with van der Waals surface area (Å²) >= 11 is 5.98. The highest BCUT2D eigenvalue weighted by Crippen LogP contribution is 2.25. The standard InChI is InChI=1S/C11H16ClN3/c1-9-3-6-15(10(9)7-12)8-11-13-4-2-5-14-11/h2,4-5,9-10H,3,6-8H2,1H3. The SMILES string of the molecule is CC1CCN(Cc2ncccn2)C1CCl. The summed E-state index contributed by atoms with van der Waals surface area (Å²) < 4.78 is 0. The predicted octanol–water partition coefficient (Wildman–Crippen LogP) is 1.93. The molecule has 0 aromatic carbocycles. The zero-order chi connectivity index (χ0) is 10.7. The number of hydrogen-bond acceptors (Lipinski definition) is 3. The van der Waals surface area contributed by atoms with E-state index in [0.29, 0.717) is 17.8 Å². The summed E-state index contributed by atoms with van der Waals surface area (Å²) in [4.78, 5) is 10.9. The third kappa shape index (κ3) is 2.47. The van der Waals surface area contributed by atoms with Crippen LogP contribution in [0.1, 0.15) is 19.2 Å². The van der Waals surface area contributed by atoms with Crippen LogP contribution in [0.15, 0.2) is 18.5 Å². The molecule has 2 unspecified atom stereocenters. The zero-order valence-corrected chi connectivity index (χ0v) is 9.69. The molecule has 1 aliphatic heterocycles. The van der Waals surface area contributed by atoms with Crippen LogP contribution >= 0.6 is 11.6 Å². The topological polar surface area (TPSA) is 29.0 Å². The summed E-state index contributed by atoms with van der Waals surface area (Å²) in [7, 11) is 0. The van der Waals surface area contributed by atoms with Gasteiger partial charge in [0, 0.05) is 24.3 Å². The lowest BCUT2D eigenvalue weighted by molar-refractivity contribution is 0.236. The molecule has 0 spiro atoms. The number of likely N-dealkylation sites (tertiary alicyclic amines) is 1. The van der Waals surface area contributed by atoms with Gasteiger partial charge in [0.05, 0.1) is 6.54 Å². The van der Waals surface area contributed by atoms with Gasteiger partial charge in [-0.3, -0.25) is 4.90 Å². The molecule has 82 valence electrons. The third-order valence-electron chi connectivity index (χ3n) is 3.12. The van der Waals surface area contributed by atoms with Gasteiger partial charge in [-0.1, -0.05) is 6.92 Å². The Kier molecular flexibility index (Phi) is 3.54. The molecule has 1 aliphatic rings. The molecule has 0 amide bonds. The third-order valence-corrected chi connectivity index (χ3v) is 3.44. The van der Waals surface area contributed by atoms with Gasteiger partial charge in [0.15, 0.2) is 0 Å². The van der Waals surface area contributed by atoms with Gasteiger partial charge in [0.2, 0.25) is 0 Å². The van der Waals surface area contributed by atoms with E-state index in [1.165, 1.54) is 6.42 Å². The van der Waals surface area contributed by atoms with E-state index in [9.17, 15) is 0 Å². The van der Waals surface area contributed by atoms with Crippen molar-refractivity contribution >= 4 is 11.6 Å². The molecule has 1 saturated heterocycles. The van der Waals surface area contributed by atoms with E-state index in [1.807, 2.05) is 6.07 Å². The van der Waals surface area contributed by atoms with Gasteiger partial charge in [-0.2, -0.15) is 0 Å². The van der Waals surface area contributed by atoms with Gasteiger partial charge in [-0.05, 0) is 24.9 Å². The van der Waals surface area contributed by atoms with Gasteiger partial charge < -0.3 is 0 Å². The van der Waals surface area contributed by atoms with E-state index in [-0.39, 0.29) is 0 Å². The van der Waals surface area contributed by atoms with Gasteiger partial charge >= 0.3 is 0 Å².